The maximum atomic E-state index is 11.9. The zero-order valence-corrected chi connectivity index (χ0v) is 13.5. The lowest BCUT2D eigenvalue weighted by Gasteiger charge is -2.17. The summed E-state index contributed by atoms with van der Waals surface area (Å²) in [5.74, 6) is 1.38. The van der Waals surface area contributed by atoms with E-state index in [1.165, 1.54) is 0 Å². The van der Waals surface area contributed by atoms with Crippen molar-refractivity contribution in [2.75, 3.05) is 13.1 Å². The van der Waals surface area contributed by atoms with Crippen molar-refractivity contribution in [3.63, 3.8) is 0 Å². The second-order valence-corrected chi connectivity index (χ2v) is 6.40. The highest BCUT2D eigenvalue weighted by Gasteiger charge is 2.19. The first-order valence-electron chi connectivity index (χ1n) is 7.08. The Morgan fingerprint density at radius 3 is 2.86 bits per heavy atom. The normalized spacial score (nSPS) is 12.6. The van der Waals surface area contributed by atoms with Gasteiger partial charge in [0, 0.05) is 30.9 Å². The van der Waals surface area contributed by atoms with Gasteiger partial charge in [-0.3, -0.25) is 10.1 Å². The van der Waals surface area contributed by atoms with Crippen LogP contribution in [-0.4, -0.2) is 28.5 Å². The summed E-state index contributed by atoms with van der Waals surface area (Å²) in [6.07, 6.45) is 3.69. The van der Waals surface area contributed by atoms with Crippen LogP contribution in [0.15, 0.2) is 29.9 Å². The van der Waals surface area contributed by atoms with Gasteiger partial charge in [0.15, 0.2) is 0 Å². The largest absolute Gasteiger partial charge is 0.355 e. The standard InChI is InChI=1S/C15H22N4OS/c1-11(2)9-17-13(20)10-18-14(12-5-4-8-21-12)15-16-6-7-19(15)3/h4-8,11,14,18H,9-10H2,1-3H3,(H,17,20). The lowest BCUT2D eigenvalue weighted by Crippen LogP contribution is -2.38. The minimum absolute atomic E-state index is 0.0134. The van der Waals surface area contributed by atoms with Crippen LogP contribution in [0.5, 0.6) is 0 Å². The summed E-state index contributed by atoms with van der Waals surface area (Å²) in [5, 5.41) is 8.25. The van der Waals surface area contributed by atoms with Crippen molar-refractivity contribution in [3.05, 3.63) is 40.6 Å². The van der Waals surface area contributed by atoms with Crippen LogP contribution >= 0.6 is 11.3 Å². The quantitative estimate of drug-likeness (QED) is 0.822. The topological polar surface area (TPSA) is 59.0 Å². The van der Waals surface area contributed by atoms with E-state index in [1.807, 2.05) is 29.3 Å². The number of nitrogens with zero attached hydrogens (tertiary/aromatic N) is 2. The van der Waals surface area contributed by atoms with Gasteiger partial charge in [-0.05, 0) is 17.4 Å². The maximum absolute atomic E-state index is 11.9. The number of aryl methyl sites for hydroxylation is 1. The van der Waals surface area contributed by atoms with Gasteiger partial charge in [-0.1, -0.05) is 19.9 Å². The number of amides is 1. The Morgan fingerprint density at radius 1 is 1.48 bits per heavy atom. The molecule has 0 aromatic carbocycles. The number of thiophene rings is 1. The Morgan fingerprint density at radius 2 is 2.29 bits per heavy atom. The molecule has 0 fully saturated rings. The minimum Gasteiger partial charge on any atom is -0.355 e. The van der Waals surface area contributed by atoms with Gasteiger partial charge in [0.2, 0.25) is 5.91 Å². The van der Waals surface area contributed by atoms with Crippen LogP contribution in [0.2, 0.25) is 0 Å². The van der Waals surface area contributed by atoms with Gasteiger partial charge in [0.1, 0.15) is 11.9 Å². The molecule has 2 aromatic rings. The summed E-state index contributed by atoms with van der Waals surface area (Å²) in [7, 11) is 1.96. The molecule has 0 bridgehead atoms. The van der Waals surface area contributed by atoms with Crippen LogP contribution in [0.1, 0.15) is 30.6 Å². The van der Waals surface area contributed by atoms with Crippen molar-refractivity contribution in [2.24, 2.45) is 13.0 Å². The van der Waals surface area contributed by atoms with E-state index >= 15 is 0 Å². The Kier molecular flexibility index (Phi) is 5.52. The highest BCUT2D eigenvalue weighted by Crippen LogP contribution is 2.24. The zero-order chi connectivity index (χ0) is 15.2. The van der Waals surface area contributed by atoms with Crippen LogP contribution in [0.25, 0.3) is 0 Å². The molecule has 1 amide bonds. The molecule has 0 saturated carbocycles. The first-order chi connectivity index (χ1) is 10.1. The van der Waals surface area contributed by atoms with E-state index in [0.29, 0.717) is 12.5 Å². The first kappa shape index (κ1) is 15.7. The summed E-state index contributed by atoms with van der Waals surface area (Å²) in [5.41, 5.74) is 0. The van der Waals surface area contributed by atoms with Crippen LogP contribution in [-0.2, 0) is 11.8 Å². The molecule has 21 heavy (non-hydrogen) atoms. The number of imidazole rings is 1. The third kappa shape index (κ3) is 4.41. The highest BCUT2D eigenvalue weighted by atomic mass is 32.1. The highest BCUT2D eigenvalue weighted by molar-refractivity contribution is 7.10. The minimum atomic E-state index is -0.0604. The molecule has 0 aliphatic carbocycles. The lowest BCUT2D eigenvalue weighted by molar-refractivity contribution is -0.120. The fraction of sp³-hybridized carbons (Fsp3) is 0.467. The fourth-order valence-electron chi connectivity index (χ4n) is 2.01. The molecule has 6 heteroatoms. The van der Waals surface area contributed by atoms with Gasteiger partial charge in [0.25, 0.3) is 0 Å². The van der Waals surface area contributed by atoms with Gasteiger partial charge < -0.3 is 9.88 Å². The third-order valence-electron chi connectivity index (χ3n) is 3.12. The number of aromatic nitrogens is 2. The van der Waals surface area contributed by atoms with E-state index in [-0.39, 0.29) is 18.5 Å². The van der Waals surface area contributed by atoms with Crippen LogP contribution in [0.4, 0.5) is 0 Å². The second-order valence-electron chi connectivity index (χ2n) is 5.42. The van der Waals surface area contributed by atoms with Gasteiger partial charge in [-0.25, -0.2) is 4.98 Å². The molecule has 2 aromatic heterocycles. The zero-order valence-electron chi connectivity index (χ0n) is 12.7. The van der Waals surface area contributed by atoms with Gasteiger partial charge in [-0.2, -0.15) is 0 Å². The second kappa shape index (κ2) is 7.38. The summed E-state index contributed by atoms with van der Waals surface area (Å²) >= 11 is 1.66. The van der Waals surface area contributed by atoms with Crippen molar-refractivity contribution in [1.82, 2.24) is 20.2 Å². The van der Waals surface area contributed by atoms with E-state index in [0.717, 1.165) is 10.7 Å². The average Bonchev–Trinajstić information content (AvgIpc) is 3.09. The SMILES string of the molecule is CC(C)CNC(=O)CNC(c1cccs1)c1nccn1C. The molecule has 2 heterocycles. The lowest BCUT2D eigenvalue weighted by atomic mass is 10.2. The molecule has 2 N–H and O–H groups in total. The van der Waals surface area contributed by atoms with Gasteiger partial charge in [0.05, 0.1) is 6.54 Å². The number of hydrogen-bond donors (Lipinski definition) is 2. The smallest absolute Gasteiger partial charge is 0.233 e. The van der Waals surface area contributed by atoms with Crippen molar-refractivity contribution >= 4 is 17.2 Å². The molecule has 0 aliphatic rings. The van der Waals surface area contributed by atoms with Crippen LogP contribution in [0, 0.1) is 5.92 Å². The molecule has 0 aliphatic heterocycles. The molecule has 1 atom stereocenters. The fourth-order valence-corrected chi connectivity index (χ4v) is 2.80. The van der Waals surface area contributed by atoms with Crippen LogP contribution < -0.4 is 10.6 Å². The molecule has 0 radical (unpaired) electrons. The number of hydrogen-bond acceptors (Lipinski definition) is 4. The van der Waals surface area contributed by atoms with Crippen molar-refractivity contribution in [2.45, 2.75) is 19.9 Å². The Labute approximate surface area is 129 Å². The molecular formula is C15H22N4OS. The monoisotopic (exact) mass is 306 g/mol. The Hall–Kier alpha value is -1.66. The Bertz CT molecular complexity index is 562. The summed E-state index contributed by atoms with van der Waals surface area (Å²) in [6, 6.07) is 4.01. The predicted molar refractivity (Wildman–Crippen MR) is 85.2 cm³/mol. The molecular weight excluding hydrogens is 284 g/mol. The van der Waals surface area contributed by atoms with Gasteiger partial charge >= 0.3 is 0 Å². The third-order valence-corrected chi connectivity index (χ3v) is 4.06. The van der Waals surface area contributed by atoms with Crippen molar-refractivity contribution in [3.8, 4) is 0 Å². The molecule has 0 saturated heterocycles. The number of carbonyl (C=O) groups is 1. The number of rotatable bonds is 7. The maximum Gasteiger partial charge on any atom is 0.233 e. The average molecular weight is 306 g/mol. The summed E-state index contributed by atoms with van der Waals surface area (Å²) in [4.78, 5) is 17.4. The predicted octanol–water partition coefficient (Wildman–Crippen LogP) is 1.93. The van der Waals surface area contributed by atoms with E-state index < -0.39 is 0 Å². The van der Waals surface area contributed by atoms with Crippen molar-refractivity contribution < 1.29 is 4.79 Å². The van der Waals surface area contributed by atoms with E-state index in [4.69, 9.17) is 0 Å². The number of nitrogens with one attached hydrogen (secondary N) is 2. The van der Waals surface area contributed by atoms with Crippen molar-refractivity contribution in [1.29, 1.82) is 0 Å². The first-order valence-corrected chi connectivity index (χ1v) is 7.96. The van der Waals surface area contributed by atoms with E-state index in [2.05, 4.69) is 35.5 Å². The molecule has 2 rings (SSSR count). The summed E-state index contributed by atoms with van der Waals surface area (Å²) < 4.78 is 1.98. The molecule has 114 valence electrons. The van der Waals surface area contributed by atoms with E-state index in [1.54, 1.807) is 17.5 Å². The van der Waals surface area contributed by atoms with Crippen LogP contribution in [0.3, 0.4) is 0 Å². The number of carbonyl (C=O) groups excluding carboxylic acids is 1. The van der Waals surface area contributed by atoms with E-state index in [9.17, 15) is 4.79 Å². The Balaban J connectivity index is 2.01. The molecule has 0 spiro atoms. The van der Waals surface area contributed by atoms with Gasteiger partial charge in [-0.15, -0.1) is 11.3 Å². The summed E-state index contributed by atoms with van der Waals surface area (Å²) in [6.45, 7) is 5.14. The molecule has 1 unspecified atom stereocenters. The molecule has 5 nitrogen and oxygen atoms in total.